The molecule has 0 aliphatic carbocycles. The molecule has 1 amide bonds. The Morgan fingerprint density at radius 2 is 2.18 bits per heavy atom. The molecule has 5 nitrogen and oxygen atoms in total. The molecule has 0 radical (unpaired) electrons. The van der Waals surface area contributed by atoms with E-state index in [-0.39, 0.29) is 0 Å². The zero-order valence-electron chi connectivity index (χ0n) is 9.44. The van der Waals surface area contributed by atoms with Crippen LogP contribution < -0.4 is 5.73 Å². The van der Waals surface area contributed by atoms with Crippen molar-refractivity contribution in [2.45, 2.75) is 13.8 Å². The van der Waals surface area contributed by atoms with Crippen LogP contribution in [-0.2, 0) is 0 Å². The van der Waals surface area contributed by atoms with E-state index in [4.69, 9.17) is 5.73 Å². The fraction of sp³-hybridized carbons (Fsp3) is 0.182. The number of amides is 1. The number of nitrogens with two attached hydrogens (primary N) is 1. The highest BCUT2D eigenvalue weighted by Crippen LogP contribution is 2.18. The Balaban J connectivity index is 2.71. The Morgan fingerprint density at radius 1 is 1.47 bits per heavy atom. The van der Waals surface area contributed by atoms with E-state index >= 15 is 0 Å². The molecule has 6 heteroatoms. The predicted octanol–water partition coefficient (Wildman–Crippen LogP) is 1.75. The van der Waals surface area contributed by atoms with Gasteiger partial charge in [-0.05, 0) is 41.4 Å². The van der Waals surface area contributed by atoms with Gasteiger partial charge < -0.3 is 5.73 Å². The summed E-state index contributed by atoms with van der Waals surface area (Å²) in [7, 11) is 0. The summed E-state index contributed by atoms with van der Waals surface area (Å²) < 4.78 is 2.35. The van der Waals surface area contributed by atoms with Crippen molar-refractivity contribution in [3.05, 3.63) is 39.8 Å². The van der Waals surface area contributed by atoms with Crippen molar-refractivity contribution in [2.75, 3.05) is 0 Å². The van der Waals surface area contributed by atoms with E-state index in [1.807, 2.05) is 19.9 Å². The highest BCUT2D eigenvalue weighted by molar-refractivity contribution is 9.10. The van der Waals surface area contributed by atoms with Crippen LogP contribution in [0.2, 0.25) is 0 Å². The maximum absolute atomic E-state index is 11.5. The van der Waals surface area contributed by atoms with Crippen molar-refractivity contribution in [1.82, 2.24) is 14.8 Å². The lowest BCUT2D eigenvalue weighted by molar-refractivity contribution is 0.0999. The highest BCUT2D eigenvalue weighted by atomic mass is 79.9. The number of carbonyl (C=O) groups excluding carboxylic acids is 1. The quantitative estimate of drug-likeness (QED) is 0.917. The molecule has 0 unspecified atom stereocenters. The molecule has 2 aromatic rings. The number of aryl methyl sites for hydroxylation is 2. The third-order valence-electron chi connectivity index (χ3n) is 2.34. The standard InChI is InChI=1S/C11H11BrN4O/c1-6-3-7(2)15-11(9(6)10(13)17)16-5-8(12)4-14-16/h3-5H,1-2H3,(H2,13,17). The van der Waals surface area contributed by atoms with Gasteiger partial charge in [-0.2, -0.15) is 5.10 Å². The summed E-state index contributed by atoms with van der Waals surface area (Å²) in [5.41, 5.74) is 7.38. The molecule has 88 valence electrons. The molecule has 17 heavy (non-hydrogen) atoms. The number of rotatable bonds is 2. The first kappa shape index (κ1) is 11.8. The molecule has 2 heterocycles. The van der Waals surface area contributed by atoms with Gasteiger partial charge >= 0.3 is 0 Å². The topological polar surface area (TPSA) is 73.8 Å². The lowest BCUT2D eigenvalue weighted by atomic mass is 10.1. The average Bonchev–Trinajstić information content (AvgIpc) is 2.62. The number of halogens is 1. The van der Waals surface area contributed by atoms with Gasteiger partial charge in [0.2, 0.25) is 0 Å². The second-order valence-electron chi connectivity index (χ2n) is 3.75. The fourth-order valence-electron chi connectivity index (χ4n) is 1.70. The van der Waals surface area contributed by atoms with Gasteiger partial charge in [-0.25, -0.2) is 9.67 Å². The molecule has 0 atom stereocenters. The Labute approximate surface area is 107 Å². The molecule has 2 rings (SSSR count). The minimum Gasteiger partial charge on any atom is -0.365 e. The third-order valence-corrected chi connectivity index (χ3v) is 2.75. The molecule has 0 bridgehead atoms. The van der Waals surface area contributed by atoms with E-state index in [1.54, 1.807) is 12.4 Å². The average molecular weight is 295 g/mol. The summed E-state index contributed by atoms with van der Waals surface area (Å²) in [6.07, 6.45) is 3.36. The fourth-order valence-corrected chi connectivity index (χ4v) is 1.99. The number of hydrogen-bond donors (Lipinski definition) is 1. The van der Waals surface area contributed by atoms with E-state index in [9.17, 15) is 4.79 Å². The van der Waals surface area contributed by atoms with Crippen LogP contribution in [0.25, 0.3) is 5.82 Å². The Morgan fingerprint density at radius 3 is 2.71 bits per heavy atom. The highest BCUT2D eigenvalue weighted by Gasteiger charge is 2.16. The van der Waals surface area contributed by atoms with Crippen LogP contribution >= 0.6 is 15.9 Å². The first-order valence-corrected chi connectivity index (χ1v) is 5.77. The van der Waals surface area contributed by atoms with E-state index in [0.717, 1.165) is 15.7 Å². The predicted molar refractivity (Wildman–Crippen MR) is 67.1 cm³/mol. The van der Waals surface area contributed by atoms with Crippen LogP contribution in [0, 0.1) is 13.8 Å². The van der Waals surface area contributed by atoms with Crippen molar-refractivity contribution in [2.24, 2.45) is 5.73 Å². The van der Waals surface area contributed by atoms with E-state index in [2.05, 4.69) is 26.0 Å². The van der Waals surface area contributed by atoms with Crippen LogP contribution in [0.1, 0.15) is 21.6 Å². The van der Waals surface area contributed by atoms with Gasteiger partial charge in [-0.1, -0.05) is 0 Å². The molecule has 0 aliphatic heterocycles. The molecule has 0 saturated heterocycles. The monoisotopic (exact) mass is 294 g/mol. The summed E-state index contributed by atoms with van der Waals surface area (Å²) in [5.74, 6) is -0.0441. The minimum absolute atomic E-state index is 0.395. The van der Waals surface area contributed by atoms with Crippen LogP contribution in [-0.4, -0.2) is 20.7 Å². The maximum atomic E-state index is 11.5. The van der Waals surface area contributed by atoms with Gasteiger partial charge in [0.15, 0.2) is 5.82 Å². The van der Waals surface area contributed by atoms with E-state index in [1.165, 1.54) is 4.68 Å². The summed E-state index contributed by atoms with van der Waals surface area (Å²) in [4.78, 5) is 15.8. The lowest BCUT2D eigenvalue weighted by Gasteiger charge is -2.09. The van der Waals surface area contributed by atoms with Crippen molar-refractivity contribution in [1.29, 1.82) is 0 Å². The second kappa shape index (κ2) is 4.29. The van der Waals surface area contributed by atoms with E-state index < -0.39 is 5.91 Å². The number of pyridine rings is 1. The van der Waals surface area contributed by atoms with Gasteiger partial charge in [0.25, 0.3) is 5.91 Å². The Bertz CT molecular complexity index is 591. The van der Waals surface area contributed by atoms with Crippen molar-refractivity contribution >= 4 is 21.8 Å². The van der Waals surface area contributed by atoms with Gasteiger partial charge in [-0.3, -0.25) is 4.79 Å². The number of nitrogens with zero attached hydrogens (tertiary/aromatic N) is 3. The Hall–Kier alpha value is -1.69. The minimum atomic E-state index is -0.503. The van der Waals surface area contributed by atoms with Gasteiger partial charge in [0.05, 0.1) is 16.2 Å². The number of hydrogen-bond acceptors (Lipinski definition) is 3. The number of aromatic nitrogens is 3. The van der Waals surface area contributed by atoms with Gasteiger partial charge in [-0.15, -0.1) is 0 Å². The normalized spacial score (nSPS) is 10.5. The zero-order valence-corrected chi connectivity index (χ0v) is 11.0. The molecule has 2 N–H and O–H groups in total. The zero-order chi connectivity index (χ0) is 12.6. The van der Waals surface area contributed by atoms with Crippen LogP contribution in [0.15, 0.2) is 22.9 Å². The molecule has 0 saturated carbocycles. The number of primary amides is 1. The lowest BCUT2D eigenvalue weighted by Crippen LogP contribution is -2.18. The van der Waals surface area contributed by atoms with Gasteiger partial charge in [0, 0.05) is 11.9 Å². The largest absolute Gasteiger partial charge is 0.365 e. The molecule has 0 aromatic carbocycles. The third kappa shape index (κ3) is 2.21. The summed E-state index contributed by atoms with van der Waals surface area (Å²) in [5, 5.41) is 4.11. The van der Waals surface area contributed by atoms with Crippen LogP contribution in [0.3, 0.4) is 0 Å². The molecule has 0 aliphatic rings. The van der Waals surface area contributed by atoms with Crippen molar-refractivity contribution in [3.8, 4) is 5.82 Å². The van der Waals surface area contributed by atoms with Crippen LogP contribution in [0.4, 0.5) is 0 Å². The van der Waals surface area contributed by atoms with Crippen molar-refractivity contribution in [3.63, 3.8) is 0 Å². The second-order valence-corrected chi connectivity index (χ2v) is 4.66. The smallest absolute Gasteiger partial charge is 0.252 e. The summed E-state index contributed by atoms with van der Waals surface area (Å²) >= 11 is 3.30. The summed E-state index contributed by atoms with van der Waals surface area (Å²) in [6.45, 7) is 3.69. The molecule has 0 fully saturated rings. The van der Waals surface area contributed by atoms with Crippen LogP contribution in [0.5, 0.6) is 0 Å². The van der Waals surface area contributed by atoms with Crippen molar-refractivity contribution < 1.29 is 4.79 Å². The first-order chi connectivity index (χ1) is 7.99. The molecular formula is C11H11BrN4O. The van der Waals surface area contributed by atoms with Gasteiger partial charge in [0.1, 0.15) is 0 Å². The van der Waals surface area contributed by atoms with E-state index in [0.29, 0.717) is 11.4 Å². The first-order valence-electron chi connectivity index (χ1n) is 4.97. The Kier molecular flexibility index (Phi) is 2.97. The number of carbonyl (C=O) groups is 1. The SMILES string of the molecule is Cc1cc(C)c(C(N)=O)c(-n2cc(Br)cn2)n1. The maximum Gasteiger partial charge on any atom is 0.252 e. The summed E-state index contributed by atoms with van der Waals surface area (Å²) in [6, 6.07) is 1.82. The molecule has 0 spiro atoms. The molecular weight excluding hydrogens is 284 g/mol. The molecule has 2 aromatic heterocycles.